The van der Waals surface area contributed by atoms with E-state index < -0.39 is 0 Å². The molecule has 0 spiro atoms. The van der Waals surface area contributed by atoms with Gasteiger partial charge in [0, 0.05) is 26.1 Å². The first-order valence-electron chi connectivity index (χ1n) is 8.80. The van der Waals surface area contributed by atoms with E-state index in [4.69, 9.17) is 0 Å². The zero-order valence-electron chi connectivity index (χ0n) is 14.4. The van der Waals surface area contributed by atoms with Crippen LogP contribution in [0.2, 0.25) is 0 Å². The summed E-state index contributed by atoms with van der Waals surface area (Å²) in [6, 6.07) is 6.13. The van der Waals surface area contributed by atoms with Crippen LogP contribution in [0, 0.1) is 11.7 Å². The van der Waals surface area contributed by atoms with Gasteiger partial charge >= 0.3 is 0 Å². The molecule has 2 saturated heterocycles. The van der Waals surface area contributed by atoms with Crippen molar-refractivity contribution >= 4 is 11.8 Å². The maximum Gasteiger partial charge on any atom is 0.228 e. The molecule has 0 aliphatic carbocycles. The van der Waals surface area contributed by atoms with Gasteiger partial charge in [-0.15, -0.1) is 0 Å². The second kappa shape index (κ2) is 6.91. The van der Waals surface area contributed by atoms with Crippen molar-refractivity contribution in [1.29, 1.82) is 0 Å². The van der Waals surface area contributed by atoms with Gasteiger partial charge < -0.3 is 9.80 Å². The van der Waals surface area contributed by atoms with Gasteiger partial charge in [0.25, 0.3) is 0 Å². The number of likely N-dealkylation sites (tertiary alicyclic amines) is 2. The molecule has 0 unspecified atom stereocenters. The quantitative estimate of drug-likeness (QED) is 0.835. The minimum atomic E-state index is -0.386. The minimum Gasteiger partial charge on any atom is -0.340 e. The third-order valence-corrected chi connectivity index (χ3v) is 5.45. The minimum absolute atomic E-state index is 0.0139. The Labute approximate surface area is 142 Å². The highest BCUT2D eigenvalue weighted by molar-refractivity contribution is 5.85. The number of carbonyl (C=O) groups excluding carboxylic acids is 2. The standard InChI is InChI=1S/C19H25FN2O2/c1-13-6-3-4-11-22(13)19(24)16-9-10-17(23)21(2)18(16)14-7-5-8-15(20)12-14/h5,7-8,12-13,16,18H,3-4,6,9-11H2,1-2H3/t13-,16-,18-/m1/s1. The highest BCUT2D eigenvalue weighted by atomic mass is 19.1. The van der Waals surface area contributed by atoms with Crippen LogP contribution in [0.25, 0.3) is 0 Å². The zero-order valence-corrected chi connectivity index (χ0v) is 14.4. The van der Waals surface area contributed by atoms with Crippen LogP contribution < -0.4 is 0 Å². The molecule has 0 bridgehead atoms. The van der Waals surface area contributed by atoms with Crippen molar-refractivity contribution in [3.05, 3.63) is 35.6 Å². The number of halogens is 1. The first-order valence-corrected chi connectivity index (χ1v) is 8.80. The van der Waals surface area contributed by atoms with Crippen LogP contribution in [-0.2, 0) is 9.59 Å². The maximum atomic E-state index is 13.7. The predicted octanol–water partition coefficient (Wildman–Crippen LogP) is 3.14. The van der Waals surface area contributed by atoms with Crippen LogP contribution in [0.15, 0.2) is 24.3 Å². The molecule has 2 heterocycles. The van der Waals surface area contributed by atoms with Crippen LogP contribution in [-0.4, -0.2) is 41.2 Å². The molecule has 5 heteroatoms. The topological polar surface area (TPSA) is 40.6 Å². The summed E-state index contributed by atoms with van der Waals surface area (Å²) in [5, 5.41) is 0. The van der Waals surface area contributed by atoms with Gasteiger partial charge in [0.1, 0.15) is 5.82 Å². The first kappa shape index (κ1) is 16.9. The van der Waals surface area contributed by atoms with E-state index in [2.05, 4.69) is 6.92 Å². The lowest BCUT2D eigenvalue weighted by Crippen LogP contribution is -2.51. The highest BCUT2D eigenvalue weighted by Gasteiger charge is 2.41. The van der Waals surface area contributed by atoms with Gasteiger partial charge in [-0.1, -0.05) is 12.1 Å². The molecule has 3 atom stereocenters. The Kier molecular flexibility index (Phi) is 4.88. The molecule has 1 aromatic carbocycles. The summed E-state index contributed by atoms with van der Waals surface area (Å²) < 4.78 is 13.7. The molecule has 0 N–H and O–H groups in total. The van der Waals surface area contributed by atoms with Gasteiger partial charge in [-0.3, -0.25) is 9.59 Å². The van der Waals surface area contributed by atoms with Gasteiger partial charge in [-0.25, -0.2) is 4.39 Å². The summed E-state index contributed by atoms with van der Waals surface area (Å²) >= 11 is 0. The van der Waals surface area contributed by atoms with Crippen molar-refractivity contribution in [2.24, 2.45) is 5.92 Å². The van der Waals surface area contributed by atoms with Crippen LogP contribution in [0.1, 0.15) is 50.6 Å². The molecule has 2 fully saturated rings. The Balaban J connectivity index is 1.91. The second-order valence-corrected chi connectivity index (χ2v) is 7.03. The van der Waals surface area contributed by atoms with Crippen molar-refractivity contribution in [3.63, 3.8) is 0 Å². The fraction of sp³-hybridized carbons (Fsp3) is 0.579. The number of carbonyl (C=O) groups is 2. The SMILES string of the molecule is C[C@@H]1CCCCN1C(=O)[C@@H]1CCC(=O)N(C)[C@@H]1c1cccc(F)c1. The number of benzene rings is 1. The number of rotatable bonds is 2. The number of hydrogen-bond acceptors (Lipinski definition) is 2. The normalized spacial score (nSPS) is 28.1. The summed E-state index contributed by atoms with van der Waals surface area (Å²) in [7, 11) is 1.72. The molecule has 0 saturated carbocycles. The smallest absolute Gasteiger partial charge is 0.228 e. The van der Waals surface area contributed by atoms with Gasteiger partial charge in [-0.05, 0) is 50.3 Å². The molecule has 0 aromatic heterocycles. The summed E-state index contributed by atoms with van der Waals surface area (Å²) in [5.41, 5.74) is 0.702. The van der Waals surface area contributed by atoms with Crippen molar-refractivity contribution in [1.82, 2.24) is 9.80 Å². The van der Waals surface area contributed by atoms with Crippen LogP contribution in [0.3, 0.4) is 0 Å². The average Bonchev–Trinajstić information content (AvgIpc) is 2.57. The third-order valence-electron chi connectivity index (χ3n) is 5.45. The number of amides is 2. The van der Waals surface area contributed by atoms with Crippen LogP contribution >= 0.6 is 0 Å². The van der Waals surface area contributed by atoms with Crippen molar-refractivity contribution < 1.29 is 14.0 Å². The van der Waals surface area contributed by atoms with Crippen molar-refractivity contribution in [2.45, 2.75) is 51.1 Å². The van der Waals surface area contributed by atoms with E-state index in [0.29, 0.717) is 18.4 Å². The number of piperidine rings is 2. The summed E-state index contributed by atoms with van der Waals surface area (Å²) in [5.74, 6) is -0.512. The number of hydrogen-bond donors (Lipinski definition) is 0. The highest BCUT2D eigenvalue weighted by Crippen LogP contribution is 2.38. The van der Waals surface area contributed by atoms with E-state index >= 15 is 0 Å². The Morgan fingerprint density at radius 2 is 2.04 bits per heavy atom. The zero-order chi connectivity index (χ0) is 17.3. The van der Waals surface area contributed by atoms with Gasteiger partial charge in [0.15, 0.2) is 0 Å². The second-order valence-electron chi connectivity index (χ2n) is 7.03. The lowest BCUT2D eigenvalue weighted by molar-refractivity contribution is -0.148. The third kappa shape index (κ3) is 3.17. The molecule has 24 heavy (non-hydrogen) atoms. The lowest BCUT2D eigenvalue weighted by atomic mass is 9.83. The Morgan fingerprint density at radius 1 is 1.25 bits per heavy atom. The van der Waals surface area contributed by atoms with E-state index in [1.807, 2.05) is 11.0 Å². The monoisotopic (exact) mass is 332 g/mol. The Bertz CT molecular complexity index is 634. The van der Waals surface area contributed by atoms with E-state index in [1.165, 1.54) is 12.1 Å². The Hall–Kier alpha value is -1.91. The molecule has 2 aliphatic rings. The molecule has 2 amide bonds. The molecular weight excluding hydrogens is 307 g/mol. The summed E-state index contributed by atoms with van der Waals surface area (Å²) in [6.07, 6.45) is 4.12. The van der Waals surface area contributed by atoms with Gasteiger partial charge in [0.05, 0.1) is 12.0 Å². The molecular formula is C19H25FN2O2. The molecule has 2 aliphatic heterocycles. The fourth-order valence-corrected chi connectivity index (χ4v) is 4.08. The van der Waals surface area contributed by atoms with Gasteiger partial charge in [0.2, 0.25) is 11.8 Å². The maximum absolute atomic E-state index is 13.7. The molecule has 3 rings (SSSR count). The predicted molar refractivity (Wildman–Crippen MR) is 89.7 cm³/mol. The summed E-state index contributed by atoms with van der Waals surface area (Å²) in [6.45, 7) is 2.87. The number of nitrogens with zero attached hydrogens (tertiary/aromatic N) is 2. The van der Waals surface area contributed by atoms with E-state index in [1.54, 1.807) is 18.0 Å². The molecule has 0 radical (unpaired) electrons. The van der Waals surface area contributed by atoms with E-state index in [9.17, 15) is 14.0 Å². The fourth-order valence-electron chi connectivity index (χ4n) is 4.08. The van der Waals surface area contributed by atoms with Crippen molar-refractivity contribution in [3.8, 4) is 0 Å². The molecule has 130 valence electrons. The van der Waals surface area contributed by atoms with Crippen molar-refractivity contribution in [2.75, 3.05) is 13.6 Å². The van der Waals surface area contributed by atoms with Gasteiger partial charge in [-0.2, -0.15) is 0 Å². The molecule has 1 aromatic rings. The Morgan fingerprint density at radius 3 is 2.75 bits per heavy atom. The van der Waals surface area contributed by atoms with E-state index in [-0.39, 0.29) is 35.6 Å². The van der Waals surface area contributed by atoms with Crippen LogP contribution in [0.4, 0.5) is 4.39 Å². The molecule has 4 nitrogen and oxygen atoms in total. The van der Waals surface area contributed by atoms with Crippen LogP contribution in [0.5, 0.6) is 0 Å². The largest absolute Gasteiger partial charge is 0.340 e. The average molecular weight is 332 g/mol. The first-order chi connectivity index (χ1) is 11.5. The van der Waals surface area contributed by atoms with E-state index in [0.717, 1.165) is 25.8 Å². The lowest BCUT2D eigenvalue weighted by Gasteiger charge is -2.43. The summed E-state index contributed by atoms with van der Waals surface area (Å²) in [4.78, 5) is 28.9.